The lowest BCUT2D eigenvalue weighted by molar-refractivity contribution is -0.141. The zero-order chi connectivity index (χ0) is 15.0. The smallest absolute Gasteiger partial charge is 0.408 e. The second-order valence-electron chi connectivity index (χ2n) is 4.12. The second kappa shape index (κ2) is 7.96. The van der Waals surface area contributed by atoms with Gasteiger partial charge in [-0.2, -0.15) is 0 Å². The van der Waals surface area contributed by atoms with Crippen LogP contribution in [0.2, 0.25) is 0 Å². The Hall–Kier alpha value is -2.34. The number of hydrogen-bond acceptors (Lipinski definition) is 5. The fraction of sp³-hybridized carbons (Fsp3) is 0.286. The number of amides is 1. The summed E-state index contributed by atoms with van der Waals surface area (Å²) < 4.78 is 9.76. The van der Waals surface area contributed by atoms with Gasteiger partial charge in [0.25, 0.3) is 0 Å². The van der Waals surface area contributed by atoms with Crippen molar-refractivity contribution in [1.82, 2.24) is 5.32 Å². The molecule has 6 nitrogen and oxygen atoms in total. The molecule has 0 spiro atoms. The summed E-state index contributed by atoms with van der Waals surface area (Å²) in [7, 11) is 0. The van der Waals surface area contributed by atoms with Crippen molar-refractivity contribution in [2.24, 2.45) is 5.73 Å². The molecule has 0 bridgehead atoms. The predicted molar refractivity (Wildman–Crippen MR) is 73.5 cm³/mol. The van der Waals surface area contributed by atoms with Crippen LogP contribution in [0.3, 0.4) is 0 Å². The first-order valence-corrected chi connectivity index (χ1v) is 6.07. The summed E-state index contributed by atoms with van der Waals surface area (Å²) in [6.45, 7) is 4.99. The number of benzene rings is 1. The van der Waals surface area contributed by atoms with E-state index in [-0.39, 0.29) is 18.9 Å². The molecule has 0 heterocycles. The molecule has 0 fully saturated rings. The van der Waals surface area contributed by atoms with E-state index < -0.39 is 18.1 Å². The Morgan fingerprint density at radius 2 is 2.00 bits per heavy atom. The normalized spacial score (nSPS) is 11.3. The van der Waals surface area contributed by atoms with Gasteiger partial charge in [-0.05, 0) is 12.5 Å². The first kappa shape index (κ1) is 15.7. The van der Waals surface area contributed by atoms with Gasteiger partial charge < -0.3 is 20.5 Å². The van der Waals surface area contributed by atoms with Crippen LogP contribution in [0.5, 0.6) is 0 Å². The van der Waals surface area contributed by atoms with Gasteiger partial charge in [0.15, 0.2) is 0 Å². The Bertz CT molecular complexity index is 473. The van der Waals surface area contributed by atoms with Crippen molar-refractivity contribution in [2.45, 2.75) is 19.6 Å². The molecule has 0 aliphatic heterocycles. The van der Waals surface area contributed by atoms with Gasteiger partial charge >= 0.3 is 12.1 Å². The van der Waals surface area contributed by atoms with Gasteiger partial charge in [0.2, 0.25) is 0 Å². The molecule has 1 amide bonds. The molecule has 0 aliphatic rings. The Labute approximate surface area is 117 Å². The van der Waals surface area contributed by atoms with E-state index >= 15 is 0 Å². The summed E-state index contributed by atoms with van der Waals surface area (Å²) in [6.07, 6.45) is -0.733. The van der Waals surface area contributed by atoms with Crippen LogP contribution in [0.15, 0.2) is 42.7 Å². The third kappa shape index (κ3) is 5.53. The van der Waals surface area contributed by atoms with Crippen LogP contribution in [0.1, 0.15) is 12.5 Å². The van der Waals surface area contributed by atoms with Crippen molar-refractivity contribution in [3.8, 4) is 0 Å². The number of ether oxygens (including phenoxy) is 2. The van der Waals surface area contributed by atoms with Gasteiger partial charge in [-0.15, -0.1) is 0 Å². The van der Waals surface area contributed by atoms with Crippen LogP contribution in [-0.4, -0.2) is 24.6 Å². The quantitative estimate of drug-likeness (QED) is 0.605. The molecule has 0 saturated heterocycles. The number of nitrogens with one attached hydrogen (secondary N) is 1. The van der Waals surface area contributed by atoms with Gasteiger partial charge in [-0.3, -0.25) is 0 Å². The second-order valence-corrected chi connectivity index (χ2v) is 4.12. The van der Waals surface area contributed by atoms with Crippen LogP contribution >= 0.6 is 0 Å². The summed E-state index contributed by atoms with van der Waals surface area (Å²) in [5.74, 6) is -0.440. The van der Waals surface area contributed by atoms with Crippen LogP contribution in [-0.2, 0) is 20.9 Å². The molecule has 1 aromatic carbocycles. The number of hydrogen-bond donors (Lipinski definition) is 2. The van der Waals surface area contributed by atoms with E-state index in [9.17, 15) is 9.59 Å². The maximum absolute atomic E-state index is 11.6. The minimum atomic E-state index is -0.963. The lowest BCUT2D eigenvalue weighted by atomic mass is 10.2. The number of alkyl carbamates (subject to hydrolysis) is 1. The van der Waals surface area contributed by atoms with E-state index in [0.29, 0.717) is 0 Å². The zero-order valence-corrected chi connectivity index (χ0v) is 11.3. The molecule has 1 rings (SSSR count). The maximum atomic E-state index is 11.6. The predicted octanol–water partition coefficient (Wildman–Crippen LogP) is 1.32. The molecule has 108 valence electrons. The molecule has 0 aromatic heterocycles. The summed E-state index contributed by atoms with van der Waals surface area (Å²) >= 11 is 0. The summed E-state index contributed by atoms with van der Waals surface area (Å²) in [4.78, 5) is 23.1. The van der Waals surface area contributed by atoms with E-state index in [1.807, 2.05) is 30.3 Å². The largest absolute Gasteiger partial charge is 0.445 e. The first-order valence-electron chi connectivity index (χ1n) is 6.07. The number of carbonyl (C=O) groups is 2. The maximum Gasteiger partial charge on any atom is 0.408 e. The highest BCUT2D eigenvalue weighted by Crippen LogP contribution is 2.01. The van der Waals surface area contributed by atoms with Crippen molar-refractivity contribution in [3.63, 3.8) is 0 Å². The summed E-state index contributed by atoms with van der Waals surface area (Å²) in [5, 5.41) is 2.34. The topological polar surface area (TPSA) is 90.6 Å². The van der Waals surface area contributed by atoms with Crippen LogP contribution in [0, 0.1) is 0 Å². The van der Waals surface area contributed by atoms with E-state index in [2.05, 4.69) is 11.9 Å². The molecule has 20 heavy (non-hydrogen) atoms. The average Bonchev–Trinajstić information content (AvgIpc) is 2.42. The third-order valence-electron chi connectivity index (χ3n) is 2.30. The highest BCUT2D eigenvalue weighted by atomic mass is 16.6. The van der Waals surface area contributed by atoms with Gasteiger partial charge in [-0.1, -0.05) is 36.9 Å². The summed E-state index contributed by atoms with van der Waals surface area (Å²) in [6, 6.07) is 8.22. The number of allylic oxidation sites excluding steroid dienone is 1. The SMILES string of the molecule is C=C(C)OC(=O)[C@H](CN)NC(=O)OCc1ccccc1. The van der Waals surface area contributed by atoms with Crippen LogP contribution in [0.4, 0.5) is 4.79 Å². The molecule has 1 atom stereocenters. The molecule has 0 aliphatic carbocycles. The number of nitrogens with two attached hydrogens (primary N) is 1. The fourth-order valence-electron chi connectivity index (χ4n) is 1.36. The standard InChI is InChI=1S/C14H18N2O4/c1-10(2)20-13(17)12(8-15)16-14(18)19-9-11-6-4-3-5-7-11/h3-7,12H,1,8-9,15H2,2H3,(H,16,18)/t12-/m0/s1. The van der Waals surface area contributed by atoms with Gasteiger partial charge in [0, 0.05) is 6.54 Å². The lowest BCUT2D eigenvalue weighted by Gasteiger charge is -2.15. The number of carbonyl (C=O) groups excluding carboxylic acids is 2. The van der Waals surface area contributed by atoms with E-state index in [1.165, 1.54) is 6.92 Å². The average molecular weight is 278 g/mol. The van der Waals surface area contributed by atoms with E-state index in [1.54, 1.807) is 0 Å². The Morgan fingerprint density at radius 3 is 2.55 bits per heavy atom. The zero-order valence-electron chi connectivity index (χ0n) is 11.3. The molecule has 0 saturated carbocycles. The summed E-state index contributed by atoms with van der Waals surface area (Å²) in [5.41, 5.74) is 6.25. The van der Waals surface area contributed by atoms with Crippen molar-refractivity contribution in [3.05, 3.63) is 48.2 Å². The van der Waals surface area contributed by atoms with Crippen molar-refractivity contribution in [1.29, 1.82) is 0 Å². The van der Waals surface area contributed by atoms with E-state index in [4.69, 9.17) is 15.2 Å². The van der Waals surface area contributed by atoms with Gasteiger partial charge in [0.05, 0.1) is 5.76 Å². The number of rotatable bonds is 6. The van der Waals surface area contributed by atoms with Gasteiger partial charge in [0.1, 0.15) is 12.6 Å². The van der Waals surface area contributed by atoms with Gasteiger partial charge in [-0.25, -0.2) is 9.59 Å². The molecule has 0 radical (unpaired) electrons. The van der Waals surface area contributed by atoms with Crippen LogP contribution < -0.4 is 11.1 Å². The van der Waals surface area contributed by atoms with Crippen molar-refractivity contribution >= 4 is 12.1 Å². The lowest BCUT2D eigenvalue weighted by Crippen LogP contribution is -2.46. The highest BCUT2D eigenvalue weighted by molar-refractivity contribution is 5.82. The minimum Gasteiger partial charge on any atom is -0.445 e. The molecule has 6 heteroatoms. The Morgan fingerprint density at radius 1 is 1.35 bits per heavy atom. The Balaban J connectivity index is 2.43. The molecular weight excluding hydrogens is 260 g/mol. The monoisotopic (exact) mass is 278 g/mol. The Kier molecular flexibility index (Phi) is 6.25. The molecule has 3 N–H and O–H groups in total. The molecular formula is C14H18N2O4. The molecule has 1 aromatic rings. The van der Waals surface area contributed by atoms with Crippen molar-refractivity contribution < 1.29 is 19.1 Å². The third-order valence-corrected chi connectivity index (χ3v) is 2.30. The number of esters is 1. The van der Waals surface area contributed by atoms with Crippen LogP contribution in [0.25, 0.3) is 0 Å². The van der Waals surface area contributed by atoms with Crippen molar-refractivity contribution in [2.75, 3.05) is 6.54 Å². The molecule has 0 unspecified atom stereocenters. The fourth-order valence-corrected chi connectivity index (χ4v) is 1.36. The van der Waals surface area contributed by atoms with E-state index in [0.717, 1.165) is 5.56 Å². The minimum absolute atomic E-state index is 0.0907. The highest BCUT2D eigenvalue weighted by Gasteiger charge is 2.21. The first-order chi connectivity index (χ1) is 9.52.